The van der Waals surface area contributed by atoms with Crippen molar-refractivity contribution in [1.82, 2.24) is 15.3 Å². The molecule has 130 valence electrons. The van der Waals surface area contributed by atoms with Crippen molar-refractivity contribution in [3.05, 3.63) is 89.3 Å². The molecule has 0 unspecified atom stereocenters. The second kappa shape index (κ2) is 7.73. The summed E-state index contributed by atoms with van der Waals surface area (Å²) in [5, 5.41) is 5.51. The van der Waals surface area contributed by atoms with Gasteiger partial charge in [-0.1, -0.05) is 48.0 Å². The highest BCUT2D eigenvalue weighted by molar-refractivity contribution is 6.35. The minimum atomic E-state index is 0.772. The van der Waals surface area contributed by atoms with Gasteiger partial charge in [0.2, 0.25) is 0 Å². The van der Waals surface area contributed by atoms with Gasteiger partial charge >= 0.3 is 0 Å². The molecule has 4 rings (SSSR count). The first-order valence-corrected chi connectivity index (χ1v) is 9.13. The maximum absolute atomic E-state index is 6.23. The summed E-state index contributed by atoms with van der Waals surface area (Å²) in [6, 6.07) is 18.7. The molecule has 26 heavy (non-hydrogen) atoms. The lowest BCUT2D eigenvalue weighted by Gasteiger charge is -2.07. The number of aromatic nitrogens is 2. The molecule has 0 spiro atoms. The Morgan fingerprint density at radius 3 is 2.77 bits per heavy atom. The Labute approximate surface area is 158 Å². The SMILES string of the molecule is Clc1cccc2c(CCNCc3cccc(-c4cccnc4)c3)c[nH]c12. The summed E-state index contributed by atoms with van der Waals surface area (Å²) >= 11 is 6.23. The van der Waals surface area contributed by atoms with Crippen LogP contribution in [0.4, 0.5) is 0 Å². The first kappa shape index (κ1) is 16.8. The molecule has 2 N–H and O–H groups in total. The van der Waals surface area contributed by atoms with Crippen LogP contribution in [0, 0.1) is 0 Å². The average Bonchev–Trinajstić information content (AvgIpc) is 3.11. The number of aromatic amines is 1. The van der Waals surface area contributed by atoms with Crippen LogP contribution in [0.25, 0.3) is 22.0 Å². The fraction of sp³-hybridized carbons (Fsp3) is 0.136. The Kier molecular flexibility index (Phi) is 5.00. The van der Waals surface area contributed by atoms with Gasteiger partial charge in [0.05, 0.1) is 10.5 Å². The van der Waals surface area contributed by atoms with Gasteiger partial charge in [-0.3, -0.25) is 4.98 Å². The van der Waals surface area contributed by atoms with Crippen LogP contribution in [-0.2, 0) is 13.0 Å². The molecule has 0 bridgehead atoms. The van der Waals surface area contributed by atoms with Gasteiger partial charge in [-0.2, -0.15) is 0 Å². The molecule has 2 aromatic heterocycles. The Morgan fingerprint density at radius 1 is 1.00 bits per heavy atom. The lowest BCUT2D eigenvalue weighted by Crippen LogP contribution is -2.16. The molecule has 0 fully saturated rings. The highest BCUT2D eigenvalue weighted by Gasteiger charge is 2.06. The van der Waals surface area contributed by atoms with Gasteiger partial charge in [0.15, 0.2) is 0 Å². The van der Waals surface area contributed by atoms with E-state index in [2.05, 4.69) is 57.9 Å². The van der Waals surface area contributed by atoms with Gasteiger partial charge in [-0.05, 0) is 53.4 Å². The summed E-state index contributed by atoms with van der Waals surface area (Å²) in [6.45, 7) is 1.76. The lowest BCUT2D eigenvalue weighted by molar-refractivity contribution is 0.688. The zero-order chi connectivity index (χ0) is 17.8. The Bertz CT molecular complexity index is 1010. The van der Waals surface area contributed by atoms with E-state index in [0.29, 0.717) is 0 Å². The minimum Gasteiger partial charge on any atom is -0.360 e. The topological polar surface area (TPSA) is 40.7 Å². The number of H-pyrrole nitrogens is 1. The third kappa shape index (κ3) is 3.64. The van der Waals surface area contributed by atoms with Crippen LogP contribution in [0.5, 0.6) is 0 Å². The molecule has 0 saturated heterocycles. The Balaban J connectivity index is 1.37. The second-order valence-corrected chi connectivity index (χ2v) is 6.75. The van der Waals surface area contributed by atoms with Crippen LogP contribution in [0.1, 0.15) is 11.1 Å². The number of pyridine rings is 1. The third-order valence-electron chi connectivity index (χ3n) is 4.57. The van der Waals surface area contributed by atoms with Crippen LogP contribution < -0.4 is 5.32 Å². The van der Waals surface area contributed by atoms with Gasteiger partial charge in [0.1, 0.15) is 0 Å². The van der Waals surface area contributed by atoms with E-state index in [-0.39, 0.29) is 0 Å². The van der Waals surface area contributed by atoms with Gasteiger partial charge in [0.25, 0.3) is 0 Å². The molecule has 0 saturated carbocycles. The van der Waals surface area contributed by atoms with E-state index in [1.165, 1.54) is 22.1 Å². The number of halogens is 1. The molecular weight excluding hydrogens is 342 g/mol. The maximum atomic E-state index is 6.23. The van der Waals surface area contributed by atoms with Gasteiger partial charge in [0, 0.05) is 30.5 Å². The Morgan fingerprint density at radius 2 is 1.88 bits per heavy atom. The zero-order valence-corrected chi connectivity index (χ0v) is 15.1. The number of nitrogens with one attached hydrogen (secondary N) is 2. The molecule has 0 aliphatic rings. The van der Waals surface area contributed by atoms with Gasteiger partial charge < -0.3 is 10.3 Å². The van der Waals surface area contributed by atoms with E-state index in [9.17, 15) is 0 Å². The normalized spacial score (nSPS) is 11.1. The largest absolute Gasteiger partial charge is 0.360 e. The predicted octanol–water partition coefficient (Wildman–Crippen LogP) is 5.22. The van der Waals surface area contributed by atoms with E-state index >= 15 is 0 Å². The van der Waals surface area contributed by atoms with E-state index in [4.69, 9.17) is 11.6 Å². The molecular formula is C22H20ClN3. The van der Waals surface area contributed by atoms with Crippen molar-refractivity contribution in [2.24, 2.45) is 0 Å². The fourth-order valence-electron chi connectivity index (χ4n) is 3.23. The first-order chi connectivity index (χ1) is 12.8. The Hall–Kier alpha value is -2.62. The van der Waals surface area contributed by atoms with Crippen molar-refractivity contribution in [3.8, 4) is 11.1 Å². The van der Waals surface area contributed by atoms with Crippen molar-refractivity contribution in [2.45, 2.75) is 13.0 Å². The van der Waals surface area contributed by atoms with Crippen LogP contribution >= 0.6 is 11.6 Å². The van der Waals surface area contributed by atoms with Gasteiger partial charge in [-0.15, -0.1) is 0 Å². The molecule has 0 amide bonds. The van der Waals surface area contributed by atoms with E-state index in [1.54, 1.807) is 6.20 Å². The highest BCUT2D eigenvalue weighted by atomic mass is 35.5. The fourth-order valence-corrected chi connectivity index (χ4v) is 3.46. The number of fused-ring (bicyclic) bond motifs is 1. The smallest absolute Gasteiger partial charge is 0.0647 e. The van der Waals surface area contributed by atoms with Crippen LogP contribution in [0.3, 0.4) is 0 Å². The van der Waals surface area contributed by atoms with Crippen LogP contribution in [-0.4, -0.2) is 16.5 Å². The van der Waals surface area contributed by atoms with E-state index < -0.39 is 0 Å². The molecule has 2 aromatic carbocycles. The van der Waals surface area contributed by atoms with Crippen LogP contribution in [0.2, 0.25) is 5.02 Å². The predicted molar refractivity (Wildman–Crippen MR) is 108 cm³/mol. The number of rotatable bonds is 6. The highest BCUT2D eigenvalue weighted by Crippen LogP contribution is 2.25. The summed E-state index contributed by atoms with van der Waals surface area (Å²) in [4.78, 5) is 7.47. The van der Waals surface area contributed by atoms with Crippen molar-refractivity contribution in [1.29, 1.82) is 0 Å². The molecule has 3 nitrogen and oxygen atoms in total. The maximum Gasteiger partial charge on any atom is 0.0647 e. The van der Waals surface area contributed by atoms with Crippen molar-refractivity contribution < 1.29 is 0 Å². The molecule has 0 aliphatic heterocycles. The number of para-hydroxylation sites is 1. The summed E-state index contributed by atoms with van der Waals surface area (Å²) in [7, 11) is 0. The van der Waals surface area contributed by atoms with Crippen molar-refractivity contribution >= 4 is 22.5 Å². The third-order valence-corrected chi connectivity index (χ3v) is 4.89. The summed E-state index contributed by atoms with van der Waals surface area (Å²) < 4.78 is 0. The molecule has 0 radical (unpaired) electrons. The number of hydrogen-bond acceptors (Lipinski definition) is 2. The standard InChI is InChI=1S/C22H20ClN3/c23-21-8-2-7-20-19(15-26-22(20)21)9-11-25-13-16-4-1-5-17(12-16)18-6-3-10-24-14-18/h1-8,10,12,14-15,25-26H,9,11,13H2. The summed E-state index contributed by atoms with van der Waals surface area (Å²) in [5.41, 5.74) is 5.93. The minimum absolute atomic E-state index is 0.772. The second-order valence-electron chi connectivity index (χ2n) is 6.35. The molecule has 0 aliphatic carbocycles. The zero-order valence-electron chi connectivity index (χ0n) is 14.4. The first-order valence-electron chi connectivity index (χ1n) is 8.76. The average molecular weight is 362 g/mol. The van der Waals surface area contributed by atoms with Crippen molar-refractivity contribution in [3.63, 3.8) is 0 Å². The molecule has 4 aromatic rings. The summed E-state index contributed by atoms with van der Waals surface area (Å²) in [6.07, 6.45) is 6.71. The van der Waals surface area contributed by atoms with E-state index in [0.717, 1.165) is 35.6 Å². The van der Waals surface area contributed by atoms with Crippen molar-refractivity contribution in [2.75, 3.05) is 6.54 Å². The van der Waals surface area contributed by atoms with Gasteiger partial charge in [-0.25, -0.2) is 0 Å². The molecule has 0 atom stereocenters. The molecule has 2 heterocycles. The van der Waals surface area contributed by atoms with E-state index in [1.807, 2.05) is 24.4 Å². The quantitative estimate of drug-likeness (QED) is 0.462. The molecule has 4 heteroatoms. The van der Waals surface area contributed by atoms with Crippen LogP contribution in [0.15, 0.2) is 73.2 Å². The number of nitrogens with zero attached hydrogens (tertiary/aromatic N) is 1. The summed E-state index contributed by atoms with van der Waals surface area (Å²) in [5.74, 6) is 0. The number of benzene rings is 2. The monoisotopic (exact) mass is 361 g/mol. The lowest BCUT2D eigenvalue weighted by atomic mass is 10.0. The number of hydrogen-bond donors (Lipinski definition) is 2.